The smallest absolute Gasteiger partial charge is 0.263 e. The van der Waals surface area contributed by atoms with Crippen molar-refractivity contribution in [2.24, 2.45) is 0 Å². The lowest BCUT2D eigenvalue weighted by atomic mass is 10.3. The Morgan fingerprint density at radius 3 is 2.80 bits per heavy atom. The first-order valence-corrected chi connectivity index (χ1v) is 7.40. The van der Waals surface area contributed by atoms with Crippen molar-refractivity contribution in [1.29, 1.82) is 0 Å². The Bertz CT molecular complexity index is 517. The zero-order valence-electron chi connectivity index (χ0n) is 11.1. The Hall–Kier alpha value is -0.660. The van der Waals surface area contributed by atoms with E-state index >= 15 is 0 Å². The van der Waals surface area contributed by atoms with E-state index in [-0.39, 0.29) is 36.8 Å². The van der Waals surface area contributed by atoms with Crippen molar-refractivity contribution >= 4 is 53.4 Å². The van der Waals surface area contributed by atoms with E-state index in [0.29, 0.717) is 11.4 Å². The van der Waals surface area contributed by atoms with E-state index in [1.54, 1.807) is 17.5 Å². The van der Waals surface area contributed by atoms with Gasteiger partial charge in [-0.25, -0.2) is 4.98 Å². The number of hydrogen-bond acceptors (Lipinski definition) is 5. The fourth-order valence-electron chi connectivity index (χ4n) is 1.33. The SMILES string of the molecule is CNC(C)CNC(=O)c1cnc(-c2ccsc2)s1.Cl.Cl. The standard InChI is InChI=1S/C12H15N3OS2.2ClH/c1-8(13-2)5-14-11(16)10-6-15-12(18-10)9-3-4-17-7-9;;/h3-4,6-8,13H,5H2,1-2H3,(H,14,16);2*1H. The van der Waals surface area contributed by atoms with Crippen LogP contribution < -0.4 is 10.6 Å². The molecule has 2 aromatic heterocycles. The lowest BCUT2D eigenvalue weighted by Gasteiger charge is -2.10. The van der Waals surface area contributed by atoms with Crippen molar-refractivity contribution in [2.75, 3.05) is 13.6 Å². The minimum atomic E-state index is -0.0592. The molecule has 8 heteroatoms. The van der Waals surface area contributed by atoms with Gasteiger partial charge < -0.3 is 10.6 Å². The number of thiazole rings is 1. The summed E-state index contributed by atoms with van der Waals surface area (Å²) in [6, 6.07) is 2.27. The van der Waals surface area contributed by atoms with Crippen LogP contribution in [0.25, 0.3) is 10.6 Å². The average molecular weight is 354 g/mol. The summed E-state index contributed by atoms with van der Waals surface area (Å²) in [5.41, 5.74) is 1.08. The van der Waals surface area contributed by atoms with E-state index in [0.717, 1.165) is 10.6 Å². The van der Waals surface area contributed by atoms with Crippen LogP contribution in [0.3, 0.4) is 0 Å². The number of amides is 1. The Morgan fingerprint density at radius 1 is 1.45 bits per heavy atom. The van der Waals surface area contributed by atoms with Crippen molar-refractivity contribution in [3.05, 3.63) is 27.9 Å². The van der Waals surface area contributed by atoms with Crippen LogP contribution in [0.4, 0.5) is 0 Å². The molecule has 1 atom stereocenters. The second kappa shape index (κ2) is 9.31. The minimum Gasteiger partial charge on any atom is -0.350 e. The predicted molar refractivity (Wildman–Crippen MR) is 90.8 cm³/mol. The minimum absolute atomic E-state index is 0. The van der Waals surface area contributed by atoms with Crippen LogP contribution in [-0.2, 0) is 0 Å². The summed E-state index contributed by atoms with van der Waals surface area (Å²) in [5, 5.41) is 10.9. The Morgan fingerprint density at radius 2 is 2.20 bits per heavy atom. The first-order valence-electron chi connectivity index (χ1n) is 5.64. The Balaban J connectivity index is 0.00000180. The molecular formula is C12H17Cl2N3OS2. The second-order valence-corrected chi connectivity index (χ2v) is 5.75. The number of carbonyl (C=O) groups excluding carboxylic acids is 1. The highest BCUT2D eigenvalue weighted by Gasteiger charge is 2.12. The van der Waals surface area contributed by atoms with Crippen LogP contribution in [-0.4, -0.2) is 30.5 Å². The van der Waals surface area contributed by atoms with Crippen LogP contribution in [0.1, 0.15) is 16.6 Å². The van der Waals surface area contributed by atoms with E-state index < -0.39 is 0 Å². The van der Waals surface area contributed by atoms with E-state index in [1.807, 2.05) is 30.8 Å². The third kappa shape index (κ3) is 5.03. The van der Waals surface area contributed by atoms with Gasteiger partial charge in [-0.05, 0) is 25.4 Å². The van der Waals surface area contributed by atoms with E-state index in [9.17, 15) is 4.79 Å². The van der Waals surface area contributed by atoms with Crippen molar-refractivity contribution in [3.8, 4) is 10.6 Å². The molecule has 112 valence electrons. The van der Waals surface area contributed by atoms with Gasteiger partial charge in [-0.15, -0.1) is 36.2 Å². The zero-order valence-corrected chi connectivity index (χ0v) is 14.3. The van der Waals surface area contributed by atoms with Crippen molar-refractivity contribution in [3.63, 3.8) is 0 Å². The van der Waals surface area contributed by atoms with Gasteiger partial charge >= 0.3 is 0 Å². The highest BCUT2D eigenvalue weighted by atomic mass is 35.5. The number of carbonyl (C=O) groups is 1. The average Bonchev–Trinajstić information content (AvgIpc) is 3.04. The van der Waals surface area contributed by atoms with Gasteiger partial charge in [0, 0.05) is 23.5 Å². The van der Waals surface area contributed by atoms with E-state index in [1.165, 1.54) is 11.3 Å². The molecule has 2 heterocycles. The van der Waals surface area contributed by atoms with E-state index in [2.05, 4.69) is 15.6 Å². The molecule has 0 spiro atoms. The number of likely N-dealkylation sites (N-methyl/N-ethyl adjacent to an activating group) is 1. The maximum absolute atomic E-state index is 11.9. The summed E-state index contributed by atoms with van der Waals surface area (Å²) < 4.78 is 0. The zero-order chi connectivity index (χ0) is 13.0. The highest BCUT2D eigenvalue weighted by molar-refractivity contribution is 7.17. The lowest BCUT2D eigenvalue weighted by molar-refractivity contribution is 0.0954. The molecule has 2 N–H and O–H groups in total. The number of aromatic nitrogens is 1. The highest BCUT2D eigenvalue weighted by Crippen LogP contribution is 2.26. The van der Waals surface area contributed by atoms with E-state index in [4.69, 9.17) is 0 Å². The fourth-order valence-corrected chi connectivity index (χ4v) is 2.88. The first kappa shape index (κ1) is 19.3. The number of halogens is 2. The van der Waals surface area contributed by atoms with Crippen LogP contribution >= 0.6 is 47.5 Å². The molecule has 1 unspecified atom stereocenters. The number of nitrogens with one attached hydrogen (secondary N) is 2. The molecule has 0 saturated heterocycles. The van der Waals surface area contributed by atoms with Gasteiger partial charge in [0.15, 0.2) is 0 Å². The molecule has 1 amide bonds. The topological polar surface area (TPSA) is 54.0 Å². The number of thiophene rings is 1. The molecule has 0 aliphatic rings. The molecule has 0 saturated carbocycles. The molecule has 2 aromatic rings. The fraction of sp³-hybridized carbons (Fsp3) is 0.333. The van der Waals surface area contributed by atoms with Crippen LogP contribution in [0.15, 0.2) is 23.0 Å². The van der Waals surface area contributed by atoms with Crippen LogP contribution in [0, 0.1) is 0 Å². The summed E-state index contributed by atoms with van der Waals surface area (Å²) in [7, 11) is 1.87. The Labute approximate surface area is 138 Å². The van der Waals surface area contributed by atoms with Gasteiger partial charge in [0.2, 0.25) is 0 Å². The van der Waals surface area contributed by atoms with Crippen molar-refractivity contribution < 1.29 is 4.79 Å². The lowest BCUT2D eigenvalue weighted by Crippen LogP contribution is -2.36. The summed E-state index contributed by atoms with van der Waals surface area (Å²) in [6.07, 6.45) is 1.64. The normalized spacial score (nSPS) is 11.1. The molecule has 0 radical (unpaired) electrons. The van der Waals surface area contributed by atoms with Gasteiger partial charge in [-0.1, -0.05) is 0 Å². The van der Waals surface area contributed by atoms with Crippen LogP contribution in [0.2, 0.25) is 0 Å². The number of nitrogens with zero attached hydrogens (tertiary/aromatic N) is 1. The van der Waals surface area contributed by atoms with Crippen LogP contribution in [0.5, 0.6) is 0 Å². The largest absolute Gasteiger partial charge is 0.350 e. The molecular weight excluding hydrogens is 337 g/mol. The first-order chi connectivity index (χ1) is 8.70. The molecule has 0 aliphatic heterocycles. The van der Waals surface area contributed by atoms with Gasteiger partial charge in [-0.2, -0.15) is 11.3 Å². The van der Waals surface area contributed by atoms with Gasteiger partial charge in [0.1, 0.15) is 9.88 Å². The maximum Gasteiger partial charge on any atom is 0.263 e. The molecule has 0 fully saturated rings. The number of rotatable bonds is 5. The maximum atomic E-state index is 11.9. The summed E-state index contributed by atoms with van der Waals surface area (Å²) in [4.78, 5) is 16.8. The quantitative estimate of drug-likeness (QED) is 0.868. The van der Waals surface area contributed by atoms with Crippen molar-refractivity contribution in [1.82, 2.24) is 15.6 Å². The molecule has 2 rings (SSSR count). The molecule has 20 heavy (non-hydrogen) atoms. The Kier molecular flexibility index (Phi) is 9.00. The second-order valence-electron chi connectivity index (χ2n) is 3.94. The summed E-state index contributed by atoms with van der Waals surface area (Å²) >= 11 is 3.05. The van der Waals surface area contributed by atoms with Gasteiger partial charge in [-0.3, -0.25) is 4.79 Å². The molecule has 0 aromatic carbocycles. The predicted octanol–water partition coefficient (Wildman–Crippen LogP) is 3.05. The third-order valence-corrected chi connectivity index (χ3v) is 4.29. The molecule has 4 nitrogen and oxygen atoms in total. The summed E-state index contributed by atoms with van der Waals surface area (Å²) in [6.45, 7) is 2.63. The molecule has 0 aliphatic carbocycles. The monoisotopic (exact) mass is 353 g/mol. The third-order valence-electron chi connectivity index (χ3n) is 2.56. The van der Waals surface area contributed by atoms with Crippen molar-refractivity contribution in [2.45, 2.75) is 13.0 Å². The summed E-state index contributed by atoms with van der Waals surface area (Å²) in [5.74, 6) is -0.0592. The van der Waals surface area contributed by atoms with Gasteiger partial charge in [0.25, 0.3) is 5.91 Å². The number of hydrogen-bond donors (Lipinski definition) is 2. The molecule has 0 bridgehead atoms. The van der Waals surface area contributed by atoms with Gasteiger partial charge in [0.05, 0.1) is 6.20 Å².